The number of nitrogens with zero attached hydrogens (tertiary/aromatic N) is 1. The predicted octanol–water partition coefficient (Wildman–Crippen LogP) is 0.761. The maximum atomic E-state index is 10.5. The Labute approximate surface area is 63.7 Å². The SMILES string of the molecule is C#Cc1cnccc1C(=O)O. The highest BCUT2D eigenvalue weighted by atomic mass is 16.4. The third-order valence-corrected chi connectivity index (χ3v) is 1.21. The standard InChI is InChI=1S/C8H5NO2/c1-2-6-5-9-4-3-7(6)8(10)11/h1,3-5H,(H,10,11). The van der Waals surface area contributed by atoms with Crippen molar-refractivity contribution in [3.05, 3.63) is 29.6 Å². The molecular weight excluding hydrogens is 142 g/mol. The average Bonchev–Trinajstić information content (AvgIpc) is 2.04. The first-order valence-corrected chi connectivity index (χ1v) is 2.89. The van der Waals surface area contributed by atoms with Gasteiger partial charge in [-0.05, 0) is 6.07 Å². The fourth-order valence-corrected chi connectivity index (χ4v) is 0.696. The van der Waals surface area contributed by atoms with Crippen LogP contribution in [0.15, 0.2) is 18.5 Å². The van der Waals surface area contributed by atoms with Crippen molar-refractivity contribution in [1.82, 2.24) is 4.98 Å². The highest BCUT2D eigenvalue weighted by Crippen LogP contribution is 2.03. The van der Waals surface area contributed by atoms with E-state index in [9.17, 15) is 4.79 Å². The second kappa shape index (κ2) is 2.84. The molecule has 0 bridgehead atoms. The Morgan fingerprint density at radius 2 is 2.45 bits per heavy atom. The van der Waals surface area contributed by atoms with Crippen molar-refractivity contribution in [3.63, 3.8) is 0 Å². The van der Waals surface area contributed by atoms with Crippen molar-refractivity contribution in [2.45, 2.75) is 0 Å². The molecule has 1 aromatic heterocycles. The third-order valence-electron chi connectivity index (χ3n) is 1.21. The highest BCUT2D eigenvalue weighted by molar-refractivity contribution is 5.90. The van der Waals surface area contributed by atoms with Gasteiger partial charge in [0, 0.05) is 12.4 Å². The van der Waals surface area contributed by atoms with E-state index in [0.29, 0.717) is 5.56 Å². The molecule has 0 saturated heterocycles. The minimum atomic E-state index is -1.03. The van der Waals surface area contributed by atoms with Crippen LogP contribution in [0.25, 0.3) is 0 Å². The van der Waals surface area contributed by atoms with E-state index < -0.39 is 5.97 Å². The number of carbonyl (C=O) groups is 1. The largest absolute Gasteiger partial charge is 0.478 e. The van der Waals surface area contributed by atoms with Gasteiger partial charge in [0.15, 0.2) is 0 Å². The van der Waals surface area contributed by atoms with Crippen molar-refractivity contribution in [2.24, 2.45) is 0 Å². The van der Waals surface area contributed by atoms with Crippen molar-refractivity contribution in [3.8, 4) is 12.3 Å². The van der Waals surface area contributed by atoms with Crippen molar-refractivity contribution >= 4 is 5.97 Å². The normalized spacial score (nSPS) is 8.64. The summed E-state index contributed by atoms with van der Waals surface area (Å²) in [6.45, 7) is 0. The maximum Gasteiger partial charge on any atom is 0.337 e. The minimum Gasteiger partial charge on any atom is -0.478 e. The van der Waals surface area contributed by atoms with E-state index in [-0.39, 0.29) is 5.56 Å². The van der Waals surface area contributed by atoms with E-state index in [1.165, 1.54) is 18.5 Å². The fourth-order valence-electron chi connectivity index (χ4n) is 0.696. The van der Waals surface area contributed by atoms with Gasteiger partial charge in [0.1, 0.15) is 0 Å². The zero-order chi connectivity index (χ0) is 8.27. The molecule has 0 saturated carbocycles. The Morgan fingerprint density at radius 3 is 2.91 bits per heavy atom. The third kappa shape index (κ3) is 1.36. The molecule has 0 aliphatic rings. The summed E-state index contributed by atoms with van der Waals surface area (Å²) in [6.07, 6.45) is 7.78. The van der Waals surface area contributed by atoms with Crippen LogP contribution in [0, 0.1) is 12.3 Å². The summed E-state index contributed by atoms with van der Waals surface area (Å²) in [7, 11) is 0. The molecule has 0 atom stereocenters. The lowest BCUT2D eigenvalue weighted by atomic mass is 10.1. The van der Waals surface area contributed by atoms with Gasteiger partial charge in [0.05, 0.1) is 11.1 Å². The quantitative estimate of drug-likeness (QED) is 0.596. The van der Waals surface area contributed by atoms with Gasteiger partial charge in [-0.15, -0.1) is 6.42 Å². The molecule has 1 rings (SSSR count). The minimum absolute atomic E-state index is 0.113. The van der Waals surface area contributed by atoms with Crippen LogP contribution in [0.4, 0.5) is 0 Å². The number of hydrogen-bond donors (Lipinski definition) is 1. The van der Waals surface area contributed by atoms with E-state index in [2.05, 4.69) is 10.9 Å². The number of terminal acetylenes is 1. The van der Waals surface area contributed by atoms with Crippen LogP contribution in [0.5, 0.6) is 0 Å². The molecule has 0 radical (unpaired) electrons. The molecule has 3 nitrogen and oxygen atoms in total. The first kappa shape index (κ1) is 7.29. The van der Waals surface area contributed by atoms with Crippen LogP contribution in [0.3, 0.4) is 0 Å². The number of pyridine rings is 1. The highest BCUT2D eigenvalue weighted by Gasteiger charge is 2.05. The van der Waals surface area contributed by atoms with Gasteiger partial charge < -0.3 is 5.11 Å². The summed E-state index contributed by atoms with van der Waals surface area (Å²) in [6, 6.07) is 1.37. The lowest BCUT2D eigenvalue weighted by Gasteiger charge is -1.94. The zero-order valence-electron chi connectivity index (χ0n) is 5.61. The molecule has 1 N–H and O–H groups in total. The van der Waals surface area contributed by atoms with Crippen LogP contribution >= 0.6 is 0 Å². The Hall–Kier alpha value is -1.82. The molecule has 0 unspecified atom stereocenters. The van der Waals surface area contributed by atoms with Crippen molar-refractivity contribution in [2.75, 3.05) is 0 Å². The molecule has 0 amide bonds. The summed E-state index contributed by atoms with van der Waals surface area (Å²) in [5, 5.41) is 8.57. The number of carboxylic acid groups (broad SMARTS) is 1. The van der Waals surface area contributed by atoms with Crippen LogP contribution in [-0.2, 0) is 0 Å². The lowest BCUT2D eigenvalue weighted by molar-refractivity contribution is 0.0696. The average molecular weight is 147 g/mol. The van der Waals surface area contributed by atoms with Crippen LogP contribution < -0.4 is 0 Å². The van der Waals surface area contributed by atoms with Gasteiger partial charge in [-0.2, -0.15) is 0 Å². The summed E-state index contributed by atoms with van der Waals surface area (Å²) in [5.41, 5.74) is 0.419. The van der Waals surface area contributed by atoms with Crippen LogP contribution in [-0.4, -0.2) is 16.1 Å². The van der Waals surface area contributed by atoms with Crippen molar-refractivity contribution in [1.29, 1.82) is 0 Å². The number of aromatic carboxylic acids is 1. The Balaban J connectivity index is 3.26. The van der Waals surface area contributed by atoms with Gasteiger partial charge in [-0.3, -0.25) is 4.98 Å². The van der Waals surface area contributed by atoms with E-state index in [1.807, 2.05) is 0 Å². The number of hydrogen-bond acceptors (Lipinski definition) is 2. The van der Waals surface area contributed by atoms with Gasteiger partial charge in [-0.25, -0.2) is 4.79 Å². The van der Waals surface area contributed by atoms with E-state index in [4.69, 9.17) is 11.5 Å². The summed E-state index contributed by atoms with van der Waals surface area (Å²) in [4.78, 5) is 14.2. The number of rotatable bonds is 1. The molecule has 11 heavy (non-hydrogen) atoms. The summed E-state index contributed by atoms with van der Waals surface area (Å²) < 4.78 is 0. The Kier molecular flexibility index (Phi) is 1.88. The molecule has 54 valence electrons. The van der Waals surface area contributed by atoms with Gasteiger partial charge in [0.2, 0.25) is 0 Å². The summed E-state index contributed by atoms with van der Waals surface area (Å²) in [5.74, 6) is 1.21. The predicted molar refractivity (Wildman–Crippen MR) is 39.1 cm³/mol. The van der Waals surface area contributed by atoms with Gasteiger partial charge >= 0.3 is 5.97 Å². The second-order valence-corrected chi connectivity index (χ2v) is 1.87. The van der Waals surface area contributed by atoms with E-state index >= 15 is 0 Å². The molecule has 0 aliphatic carbocycles. The van der Waals surface area contributed by atoms with Crippen molar-refractivity contribution < 1.29 is 9.90 Å². The molecule has 0 spiro atoms. The second-order valence-electron chi connectivity index (χ2n) is 1.87. The number of aromatic nitrogens is 1. The molecule has 0 aliphatic heterocycles. The molecular formula is C8H5NO2. The Bertz CT molecular complexity index is 325. The fraction of sp³-hybridized carbons (Fsp3) is 0. The summed E-state index contributed by atoms with van der Waals surface area (Å²) >= 11 is 0. The topological polar surface area (TPSA) is 50.2 Å². The van der Waals surface area contributed by atoms with Gasteiger partial charge in [-0.1, -0.05) is 5.92 Å². The first-order valence-electron chi connectivity index (χ1n) is 2.89. The van der Waals surface area contributed by atoms with Gasteiger partial charge in [0.25, 0.3) is 0 Å². The van der Waals surface area contributed by atoms with Crippen LogP contribution in [0.1, 0.15) is 15.9 Å². The molecule has 1 heterocycles. The lowest BCUT2D eigenvalue weighted by Crippen LogP contribution is -1.99. The molecule has 0 fully saturated rings. The number of carboxylic acids is 1. The van der Waals surface area contributed by atoms with Crippen LogP contribution in [0.2, 0.25) is 0 Å². The van der Waals surface area contributed by atoms with E-state index in [1.54, 1.807) is 0 Å². The Morgan fingerprint density at radius 1 is 1.73 bits per heavy atom. The zero-order valence-corrected chi connectivity index (χ0v) is 5.61. The maximum absolute atomic E-state index is 10.5. The monoisotopic (exact) mass is 147 g/mol. The first-order chi connectivity index (χ1) is 5.25. The molecule has 1 aromatic rings. The molecule has 3 heteroatoms. The van der Waals surface area contributed by atoms with E-state index in [0.717, 1.165) is 0 Å². The molecule has 0 aromatic carbocycles. The smallest absolute Gasteiger partial charge is 0.337 e.